The molecule has 24 heavy (non-hydrogen) atoms. The van der Waals surface area contributed by atoms with Gasteiger partial charge in [-0.05, 0) is 12.8 Å². The zero-order valence-corrected chi connectivity index (χ0v) is 16.5. The minimum atomic E-state index is -1.62. The van der Waals surface area contributed by atoms with Gasteiger partial charge in [-0.2, -0.15) is 0 Å². The Balaban J connectivity index is 3.24. The van der Waals surface area contributed by atoms with E-state index in [9.17, 15) is 0 Å². The van der Waals surface area contributed by atoms with Crippen molar-refractivity contribution in [3.05, 3.63) is 0 Å². The molecule has 0 aromatic carbocycles. The number of unbranched alkanes of at least 4 members (excludes halogenated alkanes) is 13. The average molecular weight is 342 g/mol. The predicted molar refractivity (Wildman–Crippen MR) is 105 cm³/mol. The SMILES string of the molecule is CCCCCCCCCCCCCCCCC(CCC)OB(O)O. The van der Waals surface area contributed by atoms with Crippen molar-refractivity contribution in [2.45, 2.75) is 129 Å². The van der Waals surface area contributed by atoms with E-state index in [0.717, 1.165) is 25.7 Å². The Labute approximate surface area is 151 Å². The molecule has 0 bridgehead atoms. The Morgan fingerprint density at radius 3 is 1.38 bits per heavy atom. The van der Waals surface area contributed by atoms with E-state index in [4.69, 9.17) is 14.7 Å². The average Bonchev–Trinajstić information content (AvgIpc) is 2.54. The van der Waals surface area contributed by atoms with E-state index in [2.05, 4.69) is 13.8 Å². The van der Waals surface area contributed by atoms with Gasteiger partial charge in [-0.15, -0.1) is 0 Å². The Bertz CT molecular complexity index is 237. The molecule has 0 spiro atoms. The highest BCUT2D eigenvalue weighted by atomic mass is 16.6. The molecule has 0 amide bonds. The van der Waals surface area contributed by atoms with Gasteiger partial charge in [-0.25, -0.2) is 0 Å². The van der Waals surface area contributed by atoms with Crippen LogP contribution in [0, 0.1) is 0 Å². The maximum atomic E-state index is 8.90. The van der Waals surface area contributed by atoms with Crippen LogP contribution in [0.2, 0.25) is 0 Å². The van der Waals surface area contributed by atoms with Crippen molar-refractivity contribution in [3.8, 4) is 0 Å². The van der Waals surface area contributed by atoms with Gasteiger partial charge in [0.2, 0.25) is 0 Å². The molecular formula is C20H43BO3. The first-order valence-electron chi connectivity index (χ1n) is 10.7. The molecule has 3 nitrogen and oxygen atoms in total. The molecule has 0 heterocycles. The van der Waals surface area contributed by atoms with Crippen molar-refractivity contribution in [2.24, 2.45) is 0 Å². The molecule has 4 heteroatoms. The van der Waals surface area contributed by atoms with Gasteiger partial charge in [0.05, 0.1) is 0 Å². The lowest BCUT2D eigenvalue weighted by Crippen LogP contribution is -2.25. The summed E-state index contributed by atoms with van der Waals surface area (Å²) in [6, 6.07) is 0. The van der Waals surface area contributed by atoms with E-state index < -0.39 is 7.32 Å². The summed E-state index contributed by atoms with van der Waals surface area (Å²) in [5.74, 6) is 0. The monoisotopic (exact) mass is 342 g/mol. The molecule has 0 aliphatic rings. The minimum Gasteiger partial charge on any atom is -0.402 e. The van der Waals surface area contributed by atoms with E-state index in [1.165, 1.54) is 83.5 Å². The molecule has 0 aromatic heterocycles. The Morgan fingerprint density at radius 2 is 1.00 bits per heavy atom. The highest BCUT2D eigenvalue weighted by molar-refractivity contribution is 6.32. The summed E-state index contributed by atoms with van der Waals surface area (Å²) in [5, 5.41) is 17.8. The van der Waals surface area contributed by atoms with Crippen LogP contribution in [-0.4, -0.2) is 23.5 Å². The third-order valence-corrected chi connectivity index (χ3v) is 4.80. The standard InChI is InChI=1S/C20H43BO3/c1-3-5-6-7-8-9-10-11-12-13-14-15-16-17-19-20(18-4-2)24-21(22)23/h20,22-23H,3-19H2,1-2H3. The second-order valence-electron chi connectivity index (χ2n) is 7.26. The molecular weight excluding hydrogens is 299 g/mol. The molecule has 1 atom stereocenters. The van der Waals surface area contributed by atoms with Crippen LogP contribution in [0.1, 0.15) is 123 Å². The van der Waals surface area contributed by atoms with E-state index in [1.807, 2.05) is 0 Å². The van der Waals surface area contributed by atoms with Gasteiger partial charge < -0.3 is 14.7 Å². The third-order valence-electron chi connectivity index (χ3n) is 4.80. The van der Waals surface area contributed by atoms with Crippen LogP contribution in [0.3, 0.4) is 0 Å². The zero-order valence-electron chi connectivity index (χ0n) is 16.5. The largest absolute Gasteiger partial charge is 0.634 e. The van der Waals surface area contributed by atoms with Crippen molar-refractivity contribution < 1.29 is 14.7 Å². The Morgan fingerprint density at radius 1 is 0.583 bits per heavy atom. The highest BCUT2D eigenvalue weighted by Gasteiger charge is 2.16. The lowest BCUT2D eigenvalue weighted by Gasteiger charge is -2.16. The summed E-state index contributed by atoms with van der Waals surface area (Å²) >= 11 is 0. The number of hydrogen-bond acceptors (Lipinski definition) is 3. The smallest absolute Gasteiger partial charge is 0.402 e. The summed E-state index contributed by atoms with van der Waals surface area (Å²) in [6.45, 7) is 4.38. The lowest BCUT2D eigenvalue weighted by molar-refractivity contribution is 0.102. The fourth-order valence-corrected chi connectivity index (χ4v) is 3.34. The van der Waals surface area contributed by atoms with Crippen LogP contribution < -0.4 is 0 Å². The van der Waals surface area contributed by atoms with Crippen molar-refractivity contribution in [1.82, 2.24) is 0 Å². The third kappa shape index (κ3) is 18.3. The van der Waals surface area contributed by atoms with Gasteiger partial charge in [0.15, 0.2) is 0 Å². The second-order valence-corrected chi connectivity index (χ2v) is 7.26. The summed E-state index contributed by atoms with van der Waals surface area (Å²) in [5.41, 5.74) is 0. The molecule has 0 fully saturated rings. The van der Waals surface area contributed by atoms with Crippen LogP contribution in [-0.2, 0) is 4.65 Å². The lowest BCUT2D eigenvalue weighted by atomic mass is 10.0. The fraction of sp³-hybridized carbons (Fsp3) is 1.00. The topological polar surface area (TPSA) is 49.7 Å². The van der Waals surface area contributed by atoms with Gasteiger partial charge in [0.25, 0.3) is 0 Å². The normalized spacial score (nSPS) is 12.5. The summed E-state index contributed by atoms with van der Waals surface area (Å²) < 4.78 is 5.12. The van der Waals surface area contributed by atoms with Gasteiger partial charge in [-0.3, -0.25) is 0 Å². The molecule has 0 rings (SSSR count). The van der Waals surface area contributed by atoms with Crippen molar-refractivity contribution in [1.29, 1.82) is 0 Å². The van der Waals surface area contributed by atoms with Gasteiger partial charge in [0.1, 0.15) is 0 Å². The molecule has 0 aromatic rings. The Kier molecular flexibility index (Phi) is 19.2. The molecule has 0 aliphatic carbocycles. The first-order valence-corrected chi connectivity index (χ1v) is 10.7. The Hall–Kier alpha value is -0.0551. The fourth-order valence-electron chi connectivity index (χ4n) is 3.34. The van der Waals surface area contributed by atoms with Crippen LogP contribution in [0.25, 0.3) is 0 Å². The van der Waals surface area contributed by atoms with Gasteiger partial charge >= 0.3 is 7.32 Å². The first-order chi connectivity index (χ1) is 11.7. The second kappa shape index (κ2) is 19.3. The summed E-state index contributed by atoms with van der Waals surface area (Å²) in [7, 11) is -1.62. The van der Waals surface area contributed by atoms with Crippen molar-refractivity contribution in [2.75, 3.05) is 0 Å². The van der Waals surface area contributed by atoms with Crippen molar-refractivity contribution >= 4 is 7.32 Å². The van der Waals surface area contributed by atoms with Crippen LogP contribution in [0.15, 0.2) is 0 Å². The van der Waals surface area contributed by atoms with E-state index >= 15 is 0 Å². The quantitative estimate of drug-likeness (QED) is 0.223. The molecule has 0 aliphatic heterocycles. The molecule has 1 unspecified atom stereocenters. The maximum Gasteiger partial charge on any atom is 0.634 e. The van der Waals surface area contributed by atoms with Gasteiger partial charge in [-0.1, -0.05) is 110 Å². The molecule has 0 saturated heterocycles. The molecule has 2 N–H and O–H groups in total. The highest BCUT2D eigenvalue weighted by Crippen LogP contribution is 2.16. The maximum absolute atomic E-state index is 8.90. The predicted octanol–water partition coefficient (Wildman–Crippen LogP) is 6.01. The molecule has 0 saturated carbocycles. The zero-order chi connectivity index (χ0) is 17.9. The van der Waals surface area contributed by atoms with Crippen molar-refractivity contribution in [3.63, 3.8) is 0 Å². The first kappa shape index (κ1) is 23.9. The summed E-state index contributed by atoms with van der Waals surface area (Å²) in [4.78, 5) is 0. The molecule has 144 valence electrons. The van der Waals surface area contributed by atoms with E-state index in [0.29, 0.717) is 0 Å². The molecule has 0 radical (unpaired) electrons. The van der Waals surface area contributed by atoms with E-state index in [-0.39, 0.29) is 6.10 Å². The van der Waals surface area contributed by atoms with Crippen LogP contribution in [0.4, 0.5) is 0 Å². The summed E-state index contributed by atoms with van der Waals surface area (Å²) in [6.07, 6.45) is 22.0. The minimum absolute atomic E-state index is 0.00678. The van der Waals surface area contributed by atoms with E-state index in [1.54, 1.807) is 0 Å². The van der Waals surface area contributed by atoms with Crippen LogP contribution >= 0.6 is 0 Å². The van der Waals surface area contributed by atoms with Gasteiger partial charge in [0, 0.05) is 6.10 Å². The number of hydrogen-bond donors (Lipinski definition) is 2. The number of rotatable bonds is 19. The van der Waals surface area contributed by atoms with Crippen LogP contribution in [0.5, 0.6) is 0 Å².